The summed E-state index contributed by atoms with van der Waals surface area (Å²) in [6.07, 6.45) is 2.69. The molecule has 1 aromatic rings. The van der Waals surface area contributed by atoms with E-state index in [0.29, 0.717) is 5.57 Å². The zero-order valence-electron chi connectivity index (χ0n) is 8.99. The Hall–Kier alpha value is -1.61. The van der Waals surface area contributed by atoms with Crippen LogP contribution in [0.25, 0.3) is 5.57 Å². The van der Waals surface area contributed by atoms with E-state index in [1.54, 1.807) is 0 Å². The van der Waals surface area contributed by atoms with Gasteiger partial charge in [0.2, 0.25) is 0 Å². The van der Waals surface area contributed by atoms with E-state index in [4.69, 9.17) is 0 Å². The molecule has 1 rings (SSSR count). The predicted octanol–water partition coefficient (Wildman–Crippen LogP) is 2.16. The first-order chi connectivity index (χ1) is 7.29. The number of hydrogen-bond acceptors (Lipinski definition) is 2. The molecule has 0 heterocycles. The van der Waals surface area contributed by atoms with Gasteiger partial charge in [-0.2, -0.15) is 0 Å². The third-order valence-corrected chi connectivity index (χ3v) is 1.93. The van der Waals surface area contributed by atoms with Crippen LogP contribution in [-0.2, 0) is 9.63 Å². The first-order valence-corrected chi connectivity index (χ1v) is 4.88. The summed E-state index contributed by atoms with van der Waals surface area (Å²) in [5.41, 5.74) is 3.86. The fourth-order valence-corrected chi connectivity index (χ4v) is 1.31. The summed E-state index contributed by atoms with van der Waals surface area (Å²) in [4.78, 5) is 16.2. The van der Waals surface area contributed by atoms with Crippen molar-refractivity contribution in [2.24, 2.45) is 0 Å². The van der Waals surface area contributed by atoms with Gasteiger partial charge in [0.25, 0.3) is 5.91 Å². The number of hydrogen-bond donors (Lipinski definition) is 1. The molecule has 0 atom stereocenters. The fraction of sp³-hybridized carbons (Fsp3) is 0.250. The molecule has 0 spiro atoms. The number of carbonyl (C=O) groups is 1. The van der Waals surface area contributed by atoms with E-state index in [-0.39, 0.29) is 5.91 Å². The summed E-state index contributed by atoms with van der Waals surface area (Å²) < 4.78 is 0. The van der Waals surface area contributed by atoms with Crippen LogP contribution in [0.15, 0.2) is 36.4 Å². The topological polar surface area (TPSA) is 38.3 Å². The van der Waals surface area contributed by atoms with Crippen LogP contribution in [0.5, 0.6) is 0 Å². The highest BCUT2D eigenvalue weighted by Gasteiger charge is 2.09. The molecular weight excluding hydrogens is 190 g/mol. The molecule has 80 valence electrons. The van der Waals surface area contributed by atoms with Crippen molar-refractivity contribution < 1.29 is 9.63 Å². The molecule has 0 aromatic heterocycles. The molecule has 1 N–H and O–H groups in total. The highest BCUT2D eigenvalue weighted by Crippen LogP contribution is 2.14. The summed E-state index contributed by atoms with van der Waals surface area (Å²) in [5.74, 6) is -0.217. The molecule has 0 fully saturated rings. The van der Waals surface area contributed by atoms with Gasteiger partial charge in [0, 0.05) is 5.57 Å². The van der Waals surface area contributed by atoms with Crippen molar-refractivity contribution in [1.29, 1.82) is 0 Å². The maximum absolute atomic E-state index is 11.6. The van der Waals surface area contributed by atoms with Gasteiger partial charge in [-0.1, -0.05) is 43.3 Å². The fourth-order valence-electron chi connectivity index (χ4n) is 1.31. The van der Waals surface area contributed by atoms with E-state index >= 15 is 0 Å². The number of rotatable bonds is 4. The van der Waals surface area contributed by atoms with Crippen molar-refractivity contribution in [3.63, 3.8) is 0 Å². The Labute approximate surface area is 89.7 Å². The molecule has 0 saturated carbocycles. The van der Waals surface area contributed by atoms with Gasteiger partial charge in [0.1, 0.15) is 0 Å². The highest BCUT2D eigenvalue weighted by molar-refractivity contribution is 6.19. The molecule has 15 heavy (non-hydrogen) atoms. The second kappa shape index (κ2) is 5.98. The number of hydroxylamine groups is 1. The van der Waals surface area contributed by atoms with Crippen LogP contribution < -0.4 is 5.48 Å². The van der Waals surface area contributed by atoms with Crippen LogP contribution in [0.2, 0.25) is 0 Å². The summed E-state index contributed by atoms with van der Waals surface area (Å²) in [6.45, 7) is 1.99. The summed E-state index contributed by atoms with van der Waals surface area (Å²) in [7, 11) is 1.42. The Morgan fingerprint density at radius 1 is 1.40 bits per heavy atom. The van der Waals surface area contributed by atoms with E-state index in [9.17, 15) is 4.79 Å². The molecular formula is C12H15NO2. The Morgan fingerprint density at radius 2 is 2.07 bits per heavy atom. The zero-order valence-corrected chi connectivity index (χ0v) is 8.99. The van der Waals surface area contributed by atoms with E-state index in [0.717, 1.165) is 12.0 Å². The maximum atomic E-state index is 11.6. The molecule has 3 nitrogen and oxygen atoms in total. The second-order valence-corrected chi connectivity index (χ2v) is 3.03. The highest BCUT2D eigenvalue weighted by atomic mass is 16.6. The average Bonchev–Trinajstić information content (AvgIpc) is 2.27. The van der Waals surface area contributed by atoms with Gasteiger partial charge in [0.15, 0.2) is 0 Å². The van der Waals surface area contributed by atoms with Gasteiger partial charge in [-0.3, -0.25) is 9.63 Å². The SMILES string of the molecule is CC/C=C(/C(=O)NOC)c1ccccc1. The minimum absolute atomic E-state index is 0.217. The number of carbonyl (C=O) groups excluding carboxylic acids is 1. The molecule has 0 unspecified atom stereocenters. The zero-order chi connectivity index (χ0) is 11.1. The molecule has 0 aliphatic carbocycles. The monoisotopic (exact) mass is 205 g/mol. The first kappa shape index (κ1) is 11.5. The minimum Gasteiger partial charge on any atom is -0.277 e. The summed E-state index contributed by atoms with van der Waals surface area (Å²) in [5, 5.41) is 0. The number of amides is 1. The van der Waals surface area contributed by atoms with Gasteiger partial charge in [-0.15, -0.1) is 0 Å². The summed E-state index contributed by atoms with van der Waals surface area (Å²) in [6, 6.07) is 9.52. The third kappa shape index (κ3) is 3.22. The smallest absolute Gasteiger partial charge is 0.275 e. The molecule has 1 amide bonds. The Balaban J connectivity index is 2.94. The molecule has 3 heteroatoms. The average molecular weight is 205 g/mol. The van der Waals surface area contributed by atoms with Crippen molar-refractivity contribution in [3.8, 4) is 0 Å². The standard InChI is InChI=1S/C12H15NO2/c1-3-7-11(12(14)13-15-2)10-8-5-4-6-9-10/h4-9H,3H2,1-2H3,(H,13,14)/b11-7+. The van der Waals surface area contributed by atoms with Gasteiger partial charge in [-0.25, -0.2) is 5.48 Å². The summed E-state index contributed by atoms with van der Waals surface area (Å²) >= 11 is 0. The predicted molar refractivity (Wildman–Crippen MR) is 59.9 cm³/mol. The van der Waals surface area contributed by atoms with E-state index < -0.39 is 0 Å². The van der Waals surface area contributed by atoms with Crippen LogP contribution in [-0.4, -0.2) is 13.0 Å². The largest absolute Gasteiger partial charge is 0.277 e. The van der Waals surface area contributed by atoms with Gasteiger partial charge in [-0.05, 0) is 12.0 Å². The number of benzene rings is 1. The van der Waals surface area contributed by atoms with Gasteiger partial charge in [0.05, 0.1) is 7.11 Å². The Kier molecular flexibility index (Phi) is 4.57. The van der Waals surface area contributed by atoms with Crippen molar-refractivity contribution >= 4 is 11.5 Å². The lowest BCUT2D eigenvalue weighted by atomic mass is 10.0. The first-order valence-electron chi connectivity index (χ1n) is 4.88. The van der Waals surface area contributed by atoms with E-state index in [1.807, 2.05) is 43.3 Å². The van der Waals surface area contributed by atoms with Crippen LogP contribution in [0.4, 0.5) is 0 Å². The van der Waals surface area contributed by atoms with E-state index in [1.165, 1.54) is 7.11 Å². The lowest BCUT2D eigenvalue weighted by Gasteiger charge is -2.06. The van der Waals surface area contributed by atoms with Crippen molar-refractivity contribution in [2.45, 2.75) is 13.3 Å². The Bertz CT molecular complexity index is 344. The van der Waals surface area contributed by atoms with Crippen LogP contribution in [0.3, 0.4) is 0 Å². The minimum atomic E-state index is -0.217. The molecule has 1 aromatic carbocycles. The van der Waals surface area contributed by atoms with Gasteiger partial charge < -0.3 is 0 Å². The molecule has 0 radical (unpaired) electrons. The van der Waals surface area contributed by atoms with Crippen molar-refractivity contribution in [2.75, 3.05) is 7.11 Å². The quantitative estimate of drug-likeness (QED) is 0.604. The molecule has 0 bridgehead atoms. The second-order valence-electron chi connectivity index (χ2n) is 3.03. The van der Waals surface area contributed by atoms with Gasteiger partial charge >= 0.3 is 0 Å². The molecule has 0 aliphatic rings. The normalized spacial score (nSPS) is 11.2. The Morgan fingerprint density at radius 3 is 2.60 bits per heavy atom. The number of allylic oxidation sites excluding steroid dienone is 1. The lowest BCUT2D eigenvalue weighted by molar-refractivity contribution is -0.125. The van der Waals surface area contributed by atoms with Crippen LogP contribution in [0.1, 0.15) is 18.9 Å². The lowest BCUT2D eigenvalue weighted by Crippen LogP contribution is -2.22. The molecule has 0 saturated heterocycles. The maximum Gasteiger partial charge on any atom is 0.275 e. The number of nitrogens with one attached hydrogen (secondary N) is 1. The van der Waals surface area contributed by atoms with E-state index in [2.05, 4.69) is 10.3 Å². The van der Waals surface area contributed by atoms with Crippen molar-refractivity contribution in [3.05, 3.63) is 42.0 Å². The van der Waals surface area contributed by atoms with Crippen LogP contribution in [0, 0.1) is 0 Å². The molecule has 0 aliphatic heterocycles. The van der Waals surface area contributed by atoms with Crippen molar-refractivity contribution in [1.82, 2.24) is 5.48 Å². The van der Waals surface area contributed by atoms with Crippen LogP contribution >= 0.6 is 0 Å². The third-order valence-electron chi connectivity index (χ3n) is 1.93.